The molecule has 1 saturated heterocycles. The van der Waals surface area contributed by atoms with Crippen LogP contribution in [0.4, 0.5) is 15.0 Å². The van der Waals surface area contributed by atoms with E-state index < -0.39 is 29.7 Å². The molecule has 4 heterocycles. The number of fused-ring (bicyclic) bond motifs is 1. The quantitative estimate of drug-likeness (QED) is 0.242. The van der Waals surface area contributed by atoms with Gasteiger partial charge in [-0.1, -0.05) is 50.7 Å². The van der Waals surface area contributed by atoms with Gasteiger partial charge in [-0.2, -0.15) is 4.98 Å². The molecule has 9 nitrogen and oxygen atoms in total. The summed E-state index contributed by atoms with van der Waals surface area (Å²) in [6, 6.07) is 9.38. The molecule has 0 spiro atoms. The molecule has 2 atom stereocenters. The first-order valence-electron chi connectivity index (χ1n) is 16.2. The molecule has 5 rings (SSSR count). The van der Waals surface area contributed by atoms with Crippen LogP contribution < -0.4 is 10.6 Å². The number of ether oxygens (including phenoxy) is 1. The highest BCUT2D eigenvalue weighted by atomic mass is 19.1. The Bertz CT molecular complexity index is 1920. The molecule has 10 heteroatoms. The van der Waals surface area contributed by atoms with Gasteiger partial charge in [-0.05, 0) is 70.7 Å². The maximum Gasteiger partial charge on any atom is 0.410 e. The summed E-state index contributed by atoms with van der Waals surface area (Å²) >= 11 is 0. The smallest absolute Gasteiger partial charge is 0.410 e. The van der Waals surface area contributed by atoms with Crippen LogP contribution in [0.15, 0.2) is 53.9 Å². The zero-order valence-corrected chi connectivity index (χ0v) is 27.1. The lowest BCUT2D eigenvalue weighted by atomic mass is 10.0. The van der Waals surface area contributed by atoms with Crippen LogP contribution in [-0.4, -0.2) is 61.3 Å². The third kappa shape index (κ3) is 6.06. The van der Waals surface area contributed by atoms with Crippen LogP contribution in [0.25, 0.3) is 34.1 Å². The predicted molar refractivity (Wildman–Crippen MR) is 176 cm³/mol. The van der Waals surface area contributed by atoms with E-state index in [4.69, 9.17) is 12.5 Å². The first-order valence-corrected chi connectivity index (χ1v) is 15.2. The number of carbonyl (C=O) groups excluding carboxylic acids is 1. The number of halogens is 1. The van der Waals surface area contributed by atoms with Gasteiger partial charge >= 0.3 is 11.8 Å². The van der Waals surface area contributed by atoms with Gasteiger partial charge in [-0.15, -0.1) is 0 Å². The maximum atomic E-state index is 16.3. The average Bonchev–Trinajstić information content (AvgIpc) is 2.96. The molecular weight excluding hydrogens is 571 g/mol. The second-order valence-corrected chi connectivity index (χ2v) is 13.0. The van der Waals surface area contributed by atoms with E-state index in [-0.39, 0.29) is 35.2 Å². The number of aromatic nitrogens is 4. The van der Waals surface area contributed by atoms with Crippen molar-refractivity contribution in [3.63, 3.8) is 0 Å². The lowest BCUT2D eigenvalue weighted by Crippen LogP contribution is -2.59. The van der Waals surface area contributed by atoms with Crippen molar-refractivity contribution in [1.82, 2.24) is 24.4 Å². The van der Waals surface area contributed by atoms with Crippen LogP contribution in [0, 0.1) is 12.7 Å². The summed E-state index contributed by atoms with van der Waals surface area (Å²) in [7, 11) is 0. The lowest BCUT2D eigenvalue weighted by Gasteiger charge is -2.45. The van der Waals surface area contributed by atoms with Crippen molar-refractivity contribution in [3.05, 3.63) is 82.2 Å². The van der Waals surface area contributed by atoms with Gasteiger partial charge in [0.15, 0.2) is 5.65 Å². The van der Waals surface area contributed by atoms with E-state index in [0.29, 0.717) is 41.0 Å². The summed E-state index contributed by atoms with van der Waals surface area (Å²) in [4.78, 5) is 44.8. The van der Waals surface area contributed by atoms with Gasteiger partial charge in [0.05, 0.1) is 19.5 Å². The molecular formula is C35H41FN6O3. The average molecular weight is 615 g/mol. The van der Waals surface area contributed by atoms with Gasteiger partial charge in [0.2, 0.25) is 0 Å². The number of pyridine rings is 2. The minimum Gasteiger partial charge on any atom is -0.444 e. The molecule has 1 aliphatic rings. The van der Waals surface area contributed by atoms with Crippen molar-refractivity contribution in [2.24, 2.45) is 0 Å². The van der Waals surface area contributed by atoms with Crippen LogP contribution in [0.2, 0.25) is 0 Å². The molecule has 45 heavy (non-hydrogen) atoms. The summed E-state index contributed by atoms with van der Waals surface area (Å²) in [6.07, 6.45) is 2.59. The van der Waals surface area contributed by atoms with Crippen molar-refractivity contribution in [3.8, 4) is 16.9 Å². The minimum atomic E-state index is -0.652. The molecule has 3 aromatic heterocycles. The molecule has 0 radical (unpaired) electrons. The molecule has 0 N–H and O–H groups in total. The monoisotopic (exact) mass is 614 g/mol. The van der Waals surface area contributed by atoms with Crippen molar-refractivity contribution in [2.45, 2.75) is 79.0 Å². The summed E-state index contributed by atoms with van der Waals surface area (Å²) in [5.41, 5.74) is 1.71. The molecule has 1 amide bonds. The number of carbonyl (C=O) groups is 1. The van der Waals surface area contributed by atoms with Crippen LogP contribution in [-0.2, 0) is 4.74 Å². The second-order valence-electron chi connectivity index (χ2n) is 13.0. The molecule has 1 fully saturated rings. The Kier molecular flexibility index (Phi) is 7.81. The second kappa shape index (κ2) is 12.1. The number of hydrogen-bond acceptors (Lipinski definition) is 7. The summed E-state index contributed by atoms with van der Waals surface area (Å²) in [5.74, 6) is -0.433. The molecule has 1 aromatic carbocycles. The Labute approximate surface area is 266 Å². The fraction of sp³-hybridized carbons (Fsp3) is 0.400. The molecule has 0 bridgehead atoms. The largest absolute Gasteiger partial charge is 0.444 e. The van der Waals surface area contributed by atoms with Gasteiger partial charge in [-0.25, -0.2) is 23.5 Å². The molecule has 236 valence electrons. The Morgan fingerprint density at radius 1 is 1.16 bits per heavy atom. The molecule has 0 aliphatic carbocycles. The summed E-state index contributed by atoms with van der Waals surface area (Å²) in [6.45, 7) is 15.3. The fourth-order valence-electron chi connectivity index (χ4n) is 6.03. The first-order chi connectivity index (χ1) is 22.1. The van der Waals surface area contributed by atoms with Crippen molar-refractivity contribution < 1.29 is 16.7 Å². The number of amides is 1. The summed E-state index contributed by atoms with van der Waals surface area (Å²) < 4.78 is 38.7. The number of piperazine rings is 1. The standard InChI is InChI=1S/C35H41FN6O3/c1-10-24-13-11-12-14-25(24)29-27(36)17-26-31(38-29)42(30-21(4)15-16-37-28(30)20(2)3)33(43)39-32(26)41-22(5)18-40(19-23(41)6)34(44)45-35(7,8)9/h10-17,20,22-23H,1,18-19H2,2-9H3/t22-,23-/m0/s1/i1D2. The molecule has 0 saturated carbocycles. The number of nitrogens with zero attached hydrogens (tertiary/aromatic N) is 6. The van der Waals surface area contributed by atoms with E-state index in [2.05, 4.69) is 9.97 Å². The summed E-state index contributed by atoms with van der Waals surface area (Å²) in [5, 5.41) is 0.322. The minimum absolute atomic E-state index is 0.0283. The fourth-order valence-corrected chi connectivity index (χ4v) is 6.03. The van der Waals surface area contributed by atoms with Crippen LogP contribution in [0.1, 0.15) is 73.9 Å². The zero-order chi connectivity index (χ0) is 34.4. The van der Waals surface area contributed by atoms with Gasteiger partial charge in [0.25, 0.3) is 0 Å². The van der Waals surface area contributed by atoms with Gasteiger partial charge < -0.3 is 14.5 Å². The highest BCUT2D eigenvalue weighted by molar-refractivity contribution is 5.91. The predicted octanol–water partition coefficient (Wildman–Crippen LogP) is 6.89. The van der Waals surface area contributed by atoms with E-state index in [1.807, 2.05) is 66.4 Å². The SMILES string of the molecule is [2H]C([2H])=Cc1ccccc1-c1nc2c(cc1F)c(N1[C@@H](C)CN(C(=O)OC(C)(C)C)C[C@@H]1C)nc(=O)n2-c1c(C)ccnc1C(C)C. The normalized spacial score (nSPS) is 17.7. The number of benzene rings is 1. The van der Waals surface area contributed by atoms with Gasteiger partial charge in [0.1, 0.15) is 22.9 Å². The third-order valence-corrected chi connectivity index (χ3v) is 7.91. The Morgan fingerprint density at radius 3 is 2.49 bits per heavy atom. The molecule has 0 unspecified atom stereocenters. The van der Waals surface area contributed by atoms with Crippen molar-refractivity contribution in [1.29, 1.82) is 0 Å². The van der Waals surface area contributed by atoms with Crippen LogP contribution >= 0.6 is 0 Å². The lowest BCUT2D eigenvalue weighted by molar-refractivity contribution is 0.0192. The van der Waals surface area contributed by atoms with E-state index in [1.54, 1.807) is 35.4 Å². The van der Waals surface area contributed by atoms with E-state index >= 15 is 4.39 Å². The maximum absolute atomic E-state index is 16.3. The van der Waals surface area contributed by atoms with Gasteiger partial charge in [-0.3, -0.25) is 4.98 Å². The van der Waals surface area contributed by atoms with Crippen molar-refractivity contribution in [2.75, 3.05) is 18.0 Å². The number of rotatable bonds is 5. The van der Waals surface area contributed by atoms with Crippen molar-refractivity contribution >= 4 is 29.0 Å². The Hall–Kier alpha value is -4.60. The number of aryl methyl sites for hydroxylation is 1. The first kappa shape index (κ1) is 29.1. The van der Waals surface area contributed by atoms with E-state index in [9.17, 15) is 9.59 Å². The molecule has 1 aliphatic heterocycles. The van der Waals surface area contributed by atoms with Gasteiger partial charge in [0, 0.05) is 36.9 Å². The van der Waals surface area contributed by atoms with Crippen LogP contribution in [0.5, 0.6) is 0 Å². The number of anilines is 1. The van der Waals surface area contributed by atoms with Crippen LogP contribution in [0.3, 0.4) is 0 Å². The van der Waals surface area contributed by atoms with E-state index in [1.165, 1.54) is 16.7 Å². The Balaban J connectivity index is 1.78. The third-order valence-electron chi connectivity index (χ3n) is 7.91. The zero-order valence-electron chi connectivity index (χ0n) is 29.1. The topological polar surface area (TPSA) is 93.5 Å². The Morgan fingerprint density at radius 2 is 1.84 bits per heavy atom. The highest BCUT2D eigenvalue weighted by Gasteiger charge is 2.36. The number of hydrogen-bond donors (Lipinski definition) is 0. The molecule has 4 aromatic rings. The highest BCUT2D eigenvalue weighted by Crippen LogP contribution is 2.35. The van der Waals surface area contributed by atoms with E-state index in [0.717, 1.165) is 5.56 Å².